The van der Waals surface area contributed by atoms with Crippen molar-refractivity contribution in [2.75, 3.05) is 10.5 Å². The van der Waals surface area contributed by atoms with Crippen LogP contribution >= 0.6 is 0 Å². The highest BCUT2D eigenvalue weighted by Gasteiger charge is 2.19. The molecule has 2 aromatic heterocycles. The van der Waals surface area contributed by atoms with E-state index in [2.05, 4.69) is 9.82 Å². The second-order valence-electron chi connectivity index (χ2n) is 7.59. The molecule has 0 unspecified atom stereocenters. The first-order chi connectivity index (χ1) is 16.1. The van der Waals surface area contributed by atoms with Gasteiger partial charge in [0.15, 0.2) is 0 Å². The Morgan fingerprint density at radius 1 is 1.12 bits per heavy atom. The summed E-state index contributed by atoms with van der Waals surface area (Å²) in [6.45, 7) is 1.52. The van der Waals surface area contributed by atoms with Crippen molar-refractivity contribution >= 4 is 26.6 Å². The van der Waals surface area contributed by atoms with E-state index in [4.69, 9.17) is 4.74 Å². The van der Waals surface area contributed by atoms with Gasteiger partial charge in [0.05, 0.1) is 16.7 Å². The van der Waals surface area contributed by atoms with Crippen LogP contribution in [0.1, 0.15) is 12.5 Å². The number of nitrogens with one attached hydrogen (secondary N) is 1. The van der Waals surface area contributed by atoms with Gasteiger partial charge in [0.1, 0.15) is 28.9 Å². The quantitative estimate of drug-likeness (QED) is 0.450. The fourth-order valence-corrected chi connectivity index (χ4v) is 4.12. The number of rotatable bonds is 6. The molecule has 4 rings (SSSR count). The minimum absolute atomic E-state index is 0.00911. The lowest BCUT2D eigenvalue weighted by molar-refractivity contribution is 0.480. The van der Waals surface area contributed by atoms with E-state index >= 15 is 0 Å². The summed E-state index contributed by atoms with van der Waals surface area (Å²) >= 11 is 0. The molecule has 0 radical (unpaired) electrons. The van der Waals surface area contributed by atoms with Gasteiger partial charge in [0.2, 0.25) is 10.0 Å². The number of hydrogen-bond acceptors (Lipinski definition) is 6. The molecule has 2 heterocycles. The minimum atomic E-state index is -3.56. The van der Waals surface area contributed by atoms with E-state index in [9.17, 15) is 22.9 Å². The summed E-state index contributed by atoms with van der Waals surface area (Å²) in [6.07, 6.45) is 3.17. The number of benzene rings is 2. The summed E-state index contributed by atoms with van der Waals surface area (Å²) in [5, 5.41) is 14.2. The zero-order valence-electron chi connectivity index (χ0n) is 18.5. The zero-order chi connectivity index (χ0) is 24.6. The Hall–Kier alpha value is -4.17. The first-order valence-electron chi connectivity index (χ1n) is 10.2. The van der Waals surface area contributed by atoms with E-state index in [0.29, 0.717) is 22.0 Å². The van der Waals surface area contributed by atoms with Gasteiger partial charge in [-0.25, -0.2) is 12.8 Å². The molecule has 0 aliphatic carbocycles. The SMILES string of the molecule is CCS(=O)(=O)Nc1ccc(Oc2ccc(F)cc2C#N)c(-c2cn(C)c(=O)c3cn(C)nc23)c1. The Kier molecular flexibility index (Phi) is 5.85. The Bertz CT molecular complexity index is 1630. The minimum Gasteiger partial charge on any atom is -0.455 e. The predicted octanol–water partition coefficient (Wildman–Crippen LogP) is 3.50. The number of aromatic nitrogens is 3. The van der Waals surface area contributed by atoms with Crippen LogP contribution in [0.25, 0.3) is 22.0 Å². The number of fused-ring (bicyclic) bond motifs is 1. The van der Waals surface area contributed by atoms with Crippen LogP contribution in [0.15, 0.2) is 53.6 Å². The van der Waals surface area contributed by atoms with Crippen molar-refractivity contribution < 1.29 is 17.5 Å². The Labute approximate surface area is 194 Å². The molecule has 9 nitrogen and oxygen atoms in total. The molecule has 0 atom stereocenters. The third-order valence-electron chi connectivity index (χ3n) is 5.16. The van der Waals surface area contributed by atoms with Gasteiger partial charge in [-0.05, 0) is 43.3 Å². The van der Waals surface area contributed by atoms with Crippen molar-refractivity contribution in [2.45, 2.75) is 6.92 Å². The van der Waals surface area contributed by atoms with Crippen molar-refractivity contribution in [2.24, 2.45) is 14.1 Å². The van der Waals surface area contributed by atoms with E-state index in [-0.39, 0.29) is 34.1 Å². The van der Waals surface area contributed by atoms with Crippen molar-refractivity contribution in [3.8, 4) is 28.7 Å². The molecule has 11 heteroatoms. The average Bonchev–Trinajstić information content (AvgIpc) is 3.20. The Morgan fingerprint density at radius 2 is 1.85 bits per heavy atom. The first kappa shape index (κ1) is 23.0. The van der Waals surface area contributed by atoms with Crippen LogP contribution in [0.4, 0.5) is 10.1 Å². The van der Waals surface area contributed by atoms with Crippen molar-refractivity contribution in [1.82, 2.24) is 14.3 Å². The van der Waals surface area contributed by atoms with Gasteiger partial charge in [-0.2, -0.15) is 10.4 Å². The molecule has 0 amide bonds. The monoisotopic (exact) mass is 481 g/mol. The molecule has 4 aromatic rings. The topological polar surface area (TPSA) is 119 Å². The number of halogens is 1. The molecule has 34 heavy (non-hydrogen) atoms. The fraction of sp³-hybridized carbons (Fsp3) is 0.174. The van der Waals surface area contributed by atoms with Gasteiger partial charge in [0.25, 0.3) is 5.56 Å². The van der Waals surface area contributed by atoms with E-state index in [0.717, 1.165) is 6.07 Å². The zero-order valence-corrected chi connectivity index (χ0v) is 19.4. The molecule has 0 saturated carbocycles. The van der Waals surface area contributed by atoms with Crippen LogP contribution in [0.3, 0.4) is 0 Å². The highest BCUT2D eigenvalue weighted by atomic mass is 32.2. The summed E-state index contributed by atoms with van der Waals surface area (Å²) in [5.74, 6) is -0.324. The maximum atomic E-state index is 13.6. The lowest BCUT2D eigenvalue weighted by Gasteiger charge is -2.16. The number of sulfonamides is 1. The normalized spacial score (nSPS) is 11.4. The van der Waals surface area contributed by atoms with Crippen LogP contribution in [-0.2, 0) is 24.1 Å². The van der Waals surface area contributed by atoms with Crippen molar-refractivity contribution in [1.29, 1.82) is 5.26 Å². The van der Waals surface area contributed by atoms with Crippen LogP contribution in [0, 0.1) is 17.1 Å². The molecule has 2 aromatic carbocycles. The number of ether oxygens (including phenoxy) is 1. The molecule has 0 fully saturated rings. The third kappa shape index (κ3) is 4.35. The van der Waals surface area contributed by atoms with Gasteiger partial charge < -0.3 is 9.30 Å². The molecule has 174 valence electrons. The summed E-state index contributed by atoms with van der Waals surface area (Å²) in [7, 11) is -0.284. The lowest BCUT2D eigenvalue weighted by Crippen LogP contribution is -2.16. The highest BCUT2D eigenvalue weighted by Crippen LogP contribution is 2.39. The standard InChI is InChI=1S/C23H20FN5O4S/c1-4-34(31,32)27-16-6-8-21(33-20-7-5-15(24)9-14(20)11-25)17(10-16)18-12-28(2)23(30)19-13-29(3)26-22(18)19/h5-10,12-13,27H,4H2,1-3H3. The predicted molar refractivity (Wildman–Crippen MR) is 126 cm³/mol. The maximum absolute atomic E-state index is 13.6. The Balaban J connectivity index is 1.96. The molecule has 0 aliphatic rings. The molecule has 1 N–H and O–H groups in total. The summed E-state index contributed by atoms with van der Waals surface area (Å²) in [6, 6.07) is 10.1. The third-order valence-corrected chi connectivity index (χ3v) is 6.47. The number of anilines is 1. The maximum Gasteiger partial charge on any atom is 0.261 e. The summed E-state index contributed by atoms with van der Waals surface area (Å²) in [4.78, 5) is 12.6. The van der Waals surface area contributed by atoms with Gasteiger partial charge in [-0.15, -0.1) is 0 Å². The second kappa shape index (κ2) is 8.64. The summed E-state index contributed by atoms with van der Waals surface area (Å²) < 4.78 is 49.3. The number of pyridine rings is 1. The number of hydrogen-bond donors (Lipinski definition) is 1. The number of nitrogens with zero attached hydrogens (tertiary/aromatic N) is 4. The fourth-order valence-electron chi connectivity index (χ4n) is 3.49. The van der Waals surface area contributed by atoms with Gasteiger partial charge in [-0.1, -0.05) is 0 Å². The molecule has 0 spiro atoms. The van der Waals surface area contributed by atoms with Crippen LogP contribution in [0.5, 0.6) is 11.5 Å². The van der Waals surface area contributed by atoms with E-state index in [1.165, 1.54) is 40.4 Å². The average molecular weight is 482 g/mol. The molecule has 0 saturated heterocycles. The van der Waals surface area contributed by atoms with E-state index in [1.807, 2.05) is 6.07 Å². The molecular formula is C23H20FN5O4S. The van der Waals surface area contributed by atoms with E-state index < -0.39 is 15.8 Å². The van der Waals surface area contributed by atoms with Crippen molar-refractivity contribution in [3.63, 3.8) is 0 Å². The lowest BCUT2D eigenvalue weighted by atomic mass is 10.0. The number of nitriles is 1. The van der Waals surface area contributed by atoms with Crippen LogP contribution < -0.4 is 15.0 Å². The van der Waals surface area contributed by atoms with Gasteiger partial charge in [-0.3, -0.25) is 14.2 Å². The molecule has 0 bridgehead atoms. The highest BCUT2D eigenvalue weighted by molar-refractivity contribution is 7.92. The van der Waals surface area contributed by atoms with E-state index in [1.54, 1.807) is 32.6 Å². The van der Waals surface area contributed by atoms with Crippen molar-refractivity contribution in [3.05, 3.63) is 70.5 Å². The smallest absolute Gasteiger partial charge is 0.261 e. The Morgan fingerprint density at radius 3 is 2.56 bits per heavy atom. The van der Waals surface area contributed by atoms with Gasteiger partial charge >= 0.3 is 0 Å². The number of aryl methyl sites for hydroxylation is 2. The molecular weight excluding hydrogens is 461 g/mol. The van der Waals surface area contributed by atoms with Crippen LogP contribution in [0.2, 0.25) is 0 Å². The van der Waals surface area contributed by atoms with Crippen LogP contribution in [-0.4, -0.2) is 28.5 Å². The first-order valence-corrected chi connectivity index (χ1v) is 11.8. The largest absolute Gasteiger partial charge is 0.455 e. The summed E-state index contributed by atoms with van der Waals surface area (Å²) in [5.41, 5.74) is 1.34. The second-order valence-corrected chi connectivity index (χ2v) is 9.61. The molecule has 0 aliphatic heterocycles. The van der Waals surface area contributed by atoms with Gasteiger partial charge in [0, 0.05) is 43.3 Å².